The molecule has 0 amide bonds. The van der Waals surface area contributed by atoms with Crippen molar-refractivity contribution in [1.29, 1.82) is 0 Å². The first-order valence-corrected chi connectivity index (χ1v) is 8.00. The Balaban J connectivity index is 0.00000576. The molecule has 0 radical (unpaired) electrons. The van der Waals surface area contributed by atoms with Crippen LogP contribution in [0, 0.1) is 0 Å². The quantitative estimate of drug-likeness (QED) is 0.238. The molecule has 0 fully saturated rings. The molecule has 0 aliphatic heterocycles. The highest BCUT2D eigenvalue weighted by molar-refractivity contribution is 14.0. The molecule has 1 rings (SSSR count). The van der Waals surface area contributed by atoms with Gasteiger partial charge in [-0.05, 0) is 13.3 Å². The first kappa shape index (κ1) is 23.6. The van der Waals surface area contributed by atoms with Gasteiger partial charge < -0.3 is 29.6 Å². The van der Waals surface area contributed by atoms with Crippen LogP contribution in [0.5, 0.6) is 17.2 Å². The predicted molar refractivity (Wildman–Crippen MR) is 111 cm³/mol. The highest BCUT2D eigenvalue weighted by Crippen LogP contribution is 2.34. The Morgan fingerprint density at radius 3 is 2.12 bits per heavy atom. The van der Waals surface area contributed by atoms with Gasteiger partial charge in [-0.15, -0.1) is 24.0 Å². The third-order valence-corrected chi connectivity index (χ3v) is 3.39. The van der Waals surface area contributed by atoms with Gasteiger partial charge >= 0.3 is 0 Å². The van der Waals surface area contributed by atoms with Crippen LogP contribution in [-0.2, 0) is 11.2 Å². The van der Waals surface area contributed by atoms with Gasteiger partial charge in [0.05, 0.1) is 34.5 Å². The first-order chi connectivity index (χ1) is 11.7. The molecular formula is C17H30IN3O4. The van der Waals surface area contributed by atoms with E-state index in [1.165, 1.54) is 0 Å². The molecule has 0 heterocycles. The monoisotopic (exact) mass is 467 g/mol. The van der Waals surface area contributed by atoms with Crippen molar-refractivity contribution in [1.82, 2.24) is 10.6 Å². The average molecular weight is 467 g/mol. The number of aliphatic imine (C=N–C) groups is 1. The molecular weight excluding hydrogens is 437 g/mol. The summed E-state index contributed by atoms with van der Waals surface area (Å²) in [5, 5.41) is 6.50. The second-order valence-electron chi connectivity index (χ2n) is 4.94. The Morgan fingerprint density at radius 1 is 1.00 bits per heavy atom. The number of hydrogen-bond acceptors (Lipinski definition) is 5. The van der Waals surface area contributed by atoms with Gasteiger partial charge in [0.15, 0.2) is 5.96 Å². The summed E-state index contributed by atoms with van der Waals surface area (Å²) in [6.45, 7) is 4.73. The molecule has 0 saturated carbocycles. The maximum absolute atomic E-state index is 5.46. The zero-order valence-corrected chi connectivity index (χ0v) is 18.0. The lowest BCUT2D eigenvalue weighted by atomic mass is 10.1. The number of nitrogens with one attached hydrogen (secondary N) is 2. The minimum Gasteiger partial charge on any atom is -0.496 e. The maximum atomic E-state index is 5.46. The van der Waals surface area contributed by atoms with E-state index in [0.29, 0.717) is 25.4 Å². The minimum atomic E-state index is 0. The lowest BCUT2D eigenvalue weighted by Crippen LogP contribution is -2.38. The van der Waals surface area contributed by atoms with E-state index in [0.717, 1.165) is 36.0 Å². The van der Waals surface area contributed by atoms with Crippen LogP contribution in [0.1, 0.15) is 12.5 Å². The summed E-state index contributed by atoms with van der Waals surface area (Å²) in [6, 6.07) is 3.71. The molecule has 1 aromatic rings. The molecule has 0 aromatic heterocycles. The highest BCUT2D eigenvalue weighted by atomic mass is 127. The third-order valence-electron chi connectivity index (χ3n) is 3.39. The molecule has 25 heavy (non-hydrogen) atoms. The SMILES string of the molecule is CCNC(=NCCOC)NCCc1c(OC)cc(OC)cc1OC.I. The molecule has 8 heteroatoms. The zero-order valence-electron chi connectivity index (χ0n) is 15.7. The number of ether oxygens (including phenoxy) is 4. The fourth-order valence-corrected chi connectivity index (χ4v) is 2.22. The normalized spacial score (nSPS) is 10.7. The highest BCUT2D eigenvalue weighted by Gasteiger charge is 2.13. The maximum Gasteiger partial charge on any atom is 0.191 e. The van der Waals surface area contributed by atoms with Gasteiger partial charge in [0.25, 0.3) is 0 Å². The van der Waals surface area contributed by atoms with Gasteiger partial charge in [0, 0.05) is 37.9 Å². The third kappa shape index (κ3) is 8.00. The molecule has 0 atom stereocenters. The molecule has 1 aromatic carbocycles. The smallest absolute Gasteiger partial charge is 0.191 e. The van der Waals surface area contributed by atoms with Gasteiger partial charge in [0.1, 0.15) is 17.2 Å². The van der Waals surface area contributed by atoms with Crippen molar-refractivity contribution in [3.8, 4) is 17.2 Å². The van der Waals surface area contributed by atoms with Crippen LogP contribution >= 0.6 is 24.0 Å². The molecule has 0 bridgehead atoms. The van der Waals surface area contributed by atoms with E-state index in [2.05, 4.69) is 15.6 Å². The lowest BCUT2D eigenvalue weighted by molar-refractivity contribution is 0.208. The van der Waals surface area contributed by atoms with Gasteiger partial charge in [0.2, 0.25) is 0 Å². The van der Waals surface area contributed by atoms with Crippen LogP contribution in [0.15, 0.2) is 17.1 Å². The van der Waals surface area contributed by atoms with Crippen LogP contribution in [0.25, 0.3) is 0 Å². The Kier molecular flexibility index (Phi) is 13.0. The fourth-order valence-electron chi connectivity index (χ4n) is 2.22. The predicted octanol–water partition coefficient (Wildman–Crippen LogP) is 2.07. The van der Waals surface area contributed by atoms with E-state index in [9.17, 15) is 0 Å². The number of benzene rings is 1. The van der Waals surface area contributed by atoms with E-state index >= 15 is 0 Å². The van der Waals surface area contributed by atoms with Crippen molar-refractivity contribution in [2.24, 2.45) is 4.99 Å². The number of hydrogen-bond donors (Lipinski definition) is 2. The molecule has 0 aliphatic carbocycles. The lowest BCUT2D eigenvalue weighted by Gasteiger charge is -2.16. The van der Waals surface area contributed by atoms with E-state index in [-0.39, 0.29) is 24.0 Å². The second kappa shape index (κ2) is 13.8. The Morgan fingerprint density at radius 2 is 1.64 bits per heavy atom. The number of rotatable bonds is 10. The minimum absolute atomic E-state index is 0. The Bertz CT molecular complexity index is 502. The number of methoxy groups -OCH3 is 4. The summed E-state index contributed by atoms with van der Waals surface area (Å²) in [6.07, 6.45) is 0.727. The van der Waals surface area contributed by atoms with Gasteiger partial charge in [-0.3, -0.25) is 4.99 Å². The molecule has 7 nitrogen and oxygen atoms in total. The van der Waals surface area contributed by atoms with Gasteiger partial charge in [-0.1, -0.05) is 0 Å². The number of guanidine groups is 1. The molecule has 144 valence electrons. The second-order valence-corrected chi connectivity index (χ2v) is 4.94. The largest absolute Gasteiger partial charge is 0.496 e. The summed E-state index contributed by atoms with van der Waals surface area (Å²) in [4.78, 5) is 4.43. The summed E-state index contributed by atoms with van der Waals surface area (Å²) in [5.74, 6) is 2.96. The van der Waals surface area contributed by atoms with Crippen molar-refractivity contribution in [2.75, 3.05) is 54.7 Å². The van der Waals surface area contributed by atoms with Gasteiger partial charge in [-0.2, -0.15) is 0 Å². The van der Waals surface area contributed by atoms with E-state index in [4.69, 9.17) is 18.9 Å². The van der Waals surface area contributed by atoms with Crippen LogP contribution < -0.4 is 24.8 Å². The Labute approximate surface area is 167 Å². The summed E-state index contributed by atoms with van der Waals surface area (Å²) in [5.41, 5.74) is 0.987. The van der Waals surface area contributed by atoms with Crippen molar-refractivity contribution in [3.05, 3.63) is 17.7 Å². The summed E-state index contributed by atoms with van der Waals surface area (Å²) < 4.78 is 21.2. The van der Waals surface area contributed by atoms with Crippen LogP contribution in [0.4, 0.5) is 0 Å². The topological polar surface area (TPSA) is 73.3 Å². The van der Waals surface area contributed by atoms with E-state index in [1.54, 1.807) is 28.4 Å². The average Bonchev–Trinajstić information content (AvgIpc) is 2.61. The fraction of sp³-hybridized carbons (Fsp3) is 0.588. The molecule has 0 unspecified atom stereocenters. The van der Waals surface area contributed by atoms with E-state index in [1.807, 2.05) is 19.1 Å². The van der Waals surface area contributed by atoms with Crippen molar-refractivity contribution in [3.63, 3.8) is 0 Å². The van der Waals surface area contributed by atoms with E-state index < -0.39 is 0 Å². The number of nitrogens with zero attached hydrogens (tertiary/aromatic N) is 1. The first-order valence-electron chi connectivity index (χ1n) is 8.00. The Hall–Kier alpha value is -1.42. The van der Waals surface area contributed by atoms with Crippen molar-refractivity contribution >= 4 is 29.9 Å². The molecule has 0 saturated heterocycles. The summed E-state index contributed by atoms with van der Waals surface area (Å²) >= 11 is 0. The van der Waals surface area contributed by atoms with Crippen LogP contribution in [0.2, 0.25) is 0 Å². The molecule has 0 aliphatic rings. The van der Waals surface area contributed by atoms with Gasteiger partial charge in [-0.25, -0.2) is 0 Å². The standard InChI is InChI=1S/C17H29N3O4.HI/c1-6-18-17(20-9-10-21-2)19-8-7-14-15(23-4)11-13(22-3)12-16(14)24-5;/h11-12H,6-10H2,1-5H3,(H2,18,19,20);1H. The molecule has 0 spiro atoms. The zero-order chi connectivity index (χ0) is 17.8. The summed E-state index contributed by atoms with van der Waals surface area (Å²) in [7, 11) is 6.57. The number of halogens is 1. The van der Waals surface area contributed by atoms with Crippen molar-refractivity contribution in [2.45, 2.75) is 13.3 Å². The van der Waals surface area contributed by atoms with Crippen molar-refractivity contribution < 1.29 is 18.9 Å². The van der Waals surface area contributed by atoms with Crippen LogP contribution in [-0.4, -0.2) is 60.6 Å². The van der Waals surface area contributed by atoms with Crippen LogP contribution in [0.3, 0.4) is 0 Å². The molecule has 2 N–H and O–H groups in total.